The number of carbonyl (C=O) groups is 2. The van der Waals surface area contributed by atoms with Gasteiger partial charge in [-0.2, -0.15) is 8.42 Å². The molecule has 0 spiro atoms. The van der Waals surface area contributed by atoms with Gasteiger partial charge in [0, 0.05) is 0 Å². The van der Waals surface area contributed by atoms with Gasteiger partial charge in [-0.1, -0.05) is 23.4 Å². The van der Waals surface area contributed by atoms with Gasteiger partial charge in [0.2, 0.25) is 11.5 Å². The second kappa shape index (κ2) is 6.78. The van der Waals surface area contributed by atoms with Gasteiger partial charge in [0.1, 0.15) is 13.7 Å². The van der Waals surface area contributed by atoms with Crippen LogP contribution in [0.2, 0.25) is 0 Å². The first-order chi connectivity index (χ1) is 9.38. The fourth-order valence-corrected chi connectivity index (χ4v) is 2.04. The van der Waals surface area contributed by atoms with Crippen molar-refractivity contribution < 1.29 is 32.1 Å². The molecular weight excluding hydrogens is 290 g/mol. The summed E-state index contributed by atoms with van der Waals surface area (Å²) in [5.41, 5.74) is -0.948. The number of rotatable bonds is 7. The number of hydrogen-bond donors (Lipinski definition) is 1. The van der Waals surface area contributed by atoms with Gasteiger partial charge in [0.25, 0.3) is 10.1 Å². The summed E-state index contributed by atoms with van der Waals surface area (Å²) in [4.78, 5) is 26.2. The molecule has 0 bridgehead atoms. The monoisotopic (exact) mass is 301 g/mol. The van der Waals surface area contributed by atoms with Gasteiger partial charge in [0.15, 0.2) is 0 Å². The second-order valence-electron chi connectivity index (χ2n) is 3.38. The molecule has 0 saturated heterocycles. The summed E-state index contributed by atoms with van der Waals surface area (Å²) in [5.74, 6) is -2.77. The molecule has 1 rings (SSSR count). The van der Waals surface area contributed by atoms with Crippen molar-refractivity contribution in [1.82, 2.24) is 0 Å². The van der Waals surface area contributed by atoms with E-state index in [9.17, 15) is 18.0 Å². The van der Waals surface area contributed by atoms with Crippen LogP contribution in [0.5, 0.6) is 0 Å². The third kappa shape index (κ3) is 4.14. The van der Waals surface area contributed by atoms with Crippen molar-refractivity contribution in [2.24, 2.45) is 5.16 Å². The van der Waals surface area contributed by atoms with E-state index in [2.05, 4.69) is 14.2 Å². The summed E-state index contributed by atoms with van der Waals surface area (Å²) in [5, 5.41) is 11.7. The summed E-state index contributed by atoms with van der Waals surface area (Å²) in [7, 11) is -3.09. The maximum absolute atomic E-state index is 11.7. The molecule has 8 nitrogen and oxygen atoms in total. The number of carbonyl (C=O) groups excluding carboxylic acids is 1. The van der Waals surface area contributed by atoms with Crippen LogP contribution in [-0.4, -0.2) is 44.7 Å². The average Bonchev–Trinajstić information content (AvgIpc) is 2.43. The first-order valence-electron chi connectivity index (χ1n) is 5.20. The third-order valence-corrected chi connectivity index (χ3v) is 3.30. The van der Waals surface area contributed by atoms with Gasteiger partial charge < -0.3 is 9.94 Å². The number of carboxylic acid groups (broad SMARTS) is 1. The van der Waals surface area contributed by atoms with Crippen molar-refractivity contribution in [3.63, 3.8) is 0 Å². The lowest BCUT2D eigenvalue weighted by molar-refractivity contribution is -0.130. The molecule has 0 heterocycles. The molecule has 0 aromatic heterocycles. The number of benzene rings is 1. The van der Waals surface area contributed by atoms with Gasteiger partial charge in [-0.3, -0.25) is 8.98 Å². The lowest BCUT2D eigenvalue weighted by Gasteiger charge is -2.04. The summed E-state index contributed by atoms with van der Waals surface area (Å²) >= 11 is 0. The zero-order valence-corrected chi connectivity index (χ0v) is 11.2. The zero-order chi connectivity index (χ0) is 15.2. The Morgan fingerprint density at radius 1 is 1.25 bits per heavy atom. The molecule has 1 aromatic rings. The van der Waals surface area contributed by atoms with Gasteiger partial charge in [-0.25, -0.2) is 4.79 Å². The van der Waals surface area contributed by atoms with Crippen LogP contribution in [0.15, 0.2) is 40.4 Å². The van der Waals surface area contributed by atoms with E-state index in [4.69, 9.17) is 5.11 Å². The first kappa shape index (κ1) is 15.8. The van der Waals surface area contributed by atoms with Crippen LogP contribution >= 0.6 is 0 Å². The first-order valence-corrected chi connectivity index (χ1v) is 6.61. The van der Waals surface area contributed by atoms with E-state index in [-0.39, 0.29) is 4.90 Å². The zero-order valence-electron chi connectivity index (χ0n) is 10.3. The maximum atomic E-state index is 11.7. The lowest BCUT2D eigenvalue weighted by atomic mass is 10.2. The normalized spacial score (nSPS) is 11.9. The molecule has 9 heteroatoms. The van der Waals surface area contributed by atoms with Gasteiger partial charge in [0.05, 0.1) is 4.90 Å². The summed E-state index contributed by atoms with van der Waals surface area (Å²) in [6, 6.07) is 7.13. The van der Waals surface area contributed by atoms with Crippen LogP contribution in [0, 0.1) is 0 Å². The van der Waals surface area contributed by atoms with Crippen LogP contribution in [0.25, 0.3) is 0 Å². The number of oxime groups is 1. The third-order valence-electron chi connectivity index (χ3n) is 2.03. The minimum absolute atomic E-state index is 0.145. The molecule has 0 aliphatic rings. The quantitative estimate of drug-likeness (QED) is 0.327. The molecule has 0 aliphatic carbocycles. The SMILES string of the molecule is CON=C(C(=O)O)C(=O)COS(=O)(=O)c1ccccc1. The highest BCUT2D eigenvalue weighted by Gasteiger charge is 2.24. The Kier molecular flexibility index (Phi) is 5.35. The van der Waals surface area contributed by atoms with E-state index in [1.807, 2.05) is 0 Å². The Hall–Kier alpha value is -2.26. The van der Waals surface area contributed by atoms with E-state index in [0.717, 1.165) is 7.11 Å². The van der Waals surface area contributed by atoms with Crippen LogP contribution in [-0.2, 0) is 28.7 Å². The van der Waals surface area contributed by atoms with Crippen molar-refractivity contribution in [2.75, 3.05) is 13.7 Å². The molecule has 0 fully saturated rings. The fourth-order valence-electron chi connectivity index (χ4n) is 1.16. The smallest absolute Gasteiger partial charge is 0.361 e. The molecule has 20 heavy (non-hydrogen) atoms. The molecule has 0 aliphatic heterocycles. The van der Waals surface area contributed by atoms with Crippen LogP contribution in [0.3, 0.4) is 0 Å². The molecule has 1 aromatic carbocycles. The maximum Gasteiger partial charge on any atom is 0.361 e. The lowest BCUT2D eigenvalue weighted by Crippen LogP contribution is -2.28. The van der Waals surface area contributed by atoms with Crippen LogP contribution < -0.4 is 0 Å². The van der Waals surface area contributed by atoms with Crippen molar-refractivity contribution >= 4 is 27.6 Å². The molecule has 0 saturated carbocycles. The Bertz CT molecular complexity index is 621. The molecule has 0 unspecified atom stereocenters. The molecular formula is C11H11NO7S. The topological polar surface area (TPSA) is 119 Å². The number of aliphatic carboxylic acids is 1. The number of carboxylic acids is 1. The Morgan fingerprint density at radius 2 is 1.85 bits per heavy atom. The van der Waals surface area contributed by atoms with E-state index >= 15 is 0 Å². The fraction of sp³-hybridized carbons (Fsp3) is 0.182. The standard InChI is InChI=1S/C11H11NO7S/c1-18-12-10(11(14)15)9(13)7-19-20(16,17)8-5-3-2-4-6-8/h2-6H,7H2,1H3,(H,14,15). The number of nitrogens with zero attached hydrogens (tertiary/aromatic N) is 1. The van der Waals surface area contributed by atoms with Crippen molar-refractivity contribution in [3.05, 3.63) is 30.3 Å². The molecule has 0 amide bonds. The van der Waals surface area contributed by atoms with Crippen molar-refractivity contribution in [1.29, 1.82) is 0 Å². The summed E-state index contributed by atoms with van der Waals surface area (Å²) < 4.78 is 27.9. The minimum atomic E-state index is -4.14. The average molecular weight is 301 g/mol. The number of hydrogen-bond acceptors (Lipinski definition) is 7. The predicted octanol–water partition coefficient (Wildman–Crippen LogP) is 0.0480. The Morgan fingerprint density at radius 3 is 2.35 bits per heavy atom. The Balaban J connectivity index is 2.79. The molecule has 108 valence electrons. The van der Waals surface area contributed by atoms with Gasteiger partial charge in [-0.15, -0.1) is 0 Å². The highest BCUT2D eigenvalue weighted by Crippen LogP contribution is 2.11. The van der Waals surface area contributed by atoms with E-state index in [0.29, 0.717) is 0 Å². The van der Waals surface area contributed by atoms with Gasteiger partial charge >= 0.3 is 5.97 Å². The molecule has 1 N–H and O–H groups in total. The number of ketones is 1. The van der Waals surface area contributed by atoms with Gasteiger partial charge in [-0.05, 0) is 12.1 Å². The Labute approximate surface area is 114 Å². The van der Waals surface area contributed by atoms with Crippen LogP contribution in [0.4, 0.5) is 0 Å². The summed E-state index contributed by atoms with van der Waals surface area (Å²) in [6.07, 6.45) is 0. The van der Waals surface area contributed by atoms with E-state index in [1.54, 1.807) is 6.07 Å². The largest absolute Gasteiger partial charge is 0.476 e. The second-order valence-corrected chi connectivity index (χ2v) is 5.00. The van der Waals surface area contributed by atoms with Crippen molar-refractivity contribution in [2.45, 2.75) is 4.90 Å². The highest BCUT2D eigenvalue weighted by molar-refractivity contribution is 7.86. The van der Waals surface area contributed by atoms with Crippen molar-refractivity contribution in [3.8, 4) is 0 Å². The van der Waals surface area contributed by atoms with E-state index in [1.165, 1.54) is 24.3 Å². The van der Waals surface area contributed by atoms with Crippen LogP contribution in [0.1, 0.15) is 0 Å². The molecule has 0 atom stereocenters. The highest BCUT2D eigenvalue weighted by atomic mass is 32.2. The van der Waals surface area contributed by atoms with E-state index < -0.39 is 34.2 Å². The number of Topliss-reactive ketones (excluding diaryl/α,β-unsaturated/α-hetero) is 1. The minimum Gasteiger partial charge on any atom is -0.476 e. The molecule has 0 radical (unpaired) electrons. The summed E-state index contributed by atoms with van der Waals surface area (Å²) in [6.45, 7) is -0.980. The predicted molar refractivity (Wildman–Crippen MR) is 66.7 cm³/mol.